The van der Waals surface area contributed by atoms with Gasteiger partial charge in [-0.15, -0.1) is 0 Å². The van der Waals surface area contributed by atoms with Gasteiger partial charge in [0.1, 0.15) is 0 Å². The van der Waals surface area contributed by atoms with Gasteiger partial charge in [-0.2, -0.15) is 0 Å². The van der Waals surface area contributed by atoms with E-state index in [1.165, 1.54) is 5.56 Å². The van der Waals surface area contributed by atoms with E-state index in [9.17, 15) is 8.42 Å². The van der Waals surface area contributed by atoms with Crippen LogP contribution in [0.15, 0.2) is 30.3 Å². The van der Waals surface area contributed by atoms with Crippen molar-refractivity contribution in [3.05, 3.63) is 35.9 Å². The van der Waals surface area contributed by atoms with Crippen LogP contribution in [0, 0.1) is 0 Å². The summed E-state index contributed by atoms with van der Waals surface area (Å²) >= 11 is 0. The second kappa shape index (κ2) is 5.85. The Balaban J connectivity index is 1.85. The van der Waals surface area contributed by atoms with Gasteiger partial charge in [-0.25, -0.2) is 8.42 Å². The number of hydrogen-bond acceptors (Lipinski definition) is 3. The summed E-state index contributed by atoms with van der Waals surface area (Å²) in [6.45, 7) is 3.00. The average Bonchev–Trinajstić information content (AvgIpc) is 2.36. The zero-order chi connectivity index (χ0) is 13.0. The molecule has 2 unspecified atom stereocenters. The first-order chi connectivity index (χ1) is 8.57. The third-order valence-corrected chi connectivity index (χ3v) is 5.37. The molecule has 0 radical (unpaired) electrons. The predicted octanol–water partition coefficient (Wildman–Crippen LogP) is 1.96. The van der Waals surface area contributed by atoms with Gasteiger partial charge in [-0.05, 0) is 24.3 Å². The lowest BCUT2D eigenvalue weighted by Gasteiger charge is -2.24. The second-order valence-corrected chi connectivity index (χ2v) is 7.40. The van der Waals surface area contributed by atoms with Crippen LogP contribution < -0.4 is 5.32 Å². The minimum absolute atomic E-state index is 0.134. The van der Waals surface area contributed by atoms with Crippen LogP contribution in [0.1, 0.15) is 31.2 Å². The fourth-order valence-electron chi connectivity index (χ4n) is 2.43. The Bertz CT molecular complexity index is 470. The summed E-state index contributed by atoms with van der Waals surface area (Å²) in [6, 6.07) is 10.5. The molecule has 0 saturated carbocycles. The van der Waals surface area contributed by atoms with Gasteiger partial charge in [-0.1, -0.05) is 37.3 Å². The first-order valence-corrected chi connectivity index (χ1v) is 8.38. The maximum atomic E-state index is 11.5. The molecule has 100 valence electrons. The van der Waals surface area contributed by atoms with Crippen LogP contribution in [0.5, 0.6) is 0 Å². The van der Waals surface area contributed by atoms with Gasteiger partial charge in [0.25, 0.3) is 0 Å². The predicted molar refractivity (Wildman–Crippen MR) is 74.5 cm³/mol. The highest BCUT2D eigenvalue weighted by Crippen LogP contribution is 2.16. The van der Waals surface area contributed by atoms with Crippen LogP contribution in [0.3, 0.4) is 0 Å². The van der Waals surface area contributed by atoms with Crippen LogP contribution in [-0.2, 0) is 9.84 Å². The molecule has 0 aromatic heterocycles. The highest BCUT2D eigenvalue weighted by atomic mass is 32.2. The Morgan fingerprint density at radius 1 is 1.33 bits per heavy atom. The summed E-state index contributed by atoms with van der Waals surface area (Å²) in [6.07, 6.45) is 1.76. The van der Waals surface area contributed by atoms with E-state index in [0.717, 1.165) is 19.4 Å². The van der Waals surface area contributed by atoms with Crippen molar-refractivity contribution in [2.24, 2.45) is 0 Å². The molecule has 0 bridgehead atoms. The van der Waals surface area contributed by atoms with Gasteiger partial charge >= 0.3 is 0 Å². The monoisotopic (exact) mass is 267 g/mol. The number of sulfone groups is 1. The summed E-state index contributed by atoms with van der Waals surface area (Å²) in [5, 5.41) is 3.40. The van der Waals surface area contributed by atoms with Crippen LogP contribution >= 0.6 is 0 Å². The first kappa shape index (κ1) is 13.6. The zero-order valence-corrected chi connectivity index (χ0v) is 11.6. The van der Waals surface area contributed by atoms with Crippen LogP contribution in [0.25, 0.3) is 0 Å². The normalized spacial score (nSPS) is 24.6. The molecule has 18 heavy (non-hydrogen) atoms. The van der Waals surface area contributed by atoms with E-state index in [4.69, 9.17) is 0 Å². The average molecular weight is 267 g/mol. The van der Waals surface area contributed by atoms with E-state index in [1.54, 1.807) is 0 Å². The van der Waals surface area contributed by atoms with Crippen molar-refractivity contribution in [1.29, 1.82) is 0 Å². The molecule has 1 aromatic carbocycles. The van der Waals surface area contributed by atoms with Crippen LogP contribution in [-0.4, -0.2) is 32.5 Å². The van der Waals surface area contributed by atoms with Crippen LogP contribution in [0.4, 0.5) is 0 Å². The lowest BCUT2D eigenvalue weighted by Crippen LogP contribution is -2.41. The number of rotatable bonds is 4. The van der Waals surface area contributed by atoms with Gasteiger partial charge in [0.2, 0.25) is 0 Å². The van der Waals surface area contributed by atoms with Gasteiger partial charge in [0.05, 0.1) is 11.5 Å². The first-order valence-electron chi connectivity index (χ1n) is 6.55. The maximum absolute atomic E-state index is 11.5. The van der Waals surface area contributed by atoms with Crippen molar-refractivity contribution in [3.8, 4) is 0 Å². The molecule has 0 spiro atoms. The lowest BCUT2D eigenvalue weighted by atomic mass is 10.0. The third kappa shape index (κ3) is 3.82. The van der Waals surface area contributed by atoms with Crippen molar-refractivity contribution in [3.63, 3.8) is 0 Å². The minimum Gasteiger partial charge on any atom is -0.312 e. The Hall–Kier alpha value is -0.870. The summed E-state index contributed by atoms with van der Waals surface area (Å²) in [5.41, 5.74) is 1.30. The fourth-order valence-corrected chi connectivity index (χ4v) is 4.10. The van der Waals surface area contributed by atoms with Crippen molar-refractivity contribution in [2.75, 3.05) is 18.1 Å². The molecule has 1 aliphatic rings. The topological polar surface area (TPSA) is 46.2 Å². The Morgan fingerprint density at radius 2 is 2.06 bits per heavy atom. The van der Waals surface area contributed by atoms with Crippen molar-refractivity contribution in [2.45, 2.75) is 31.7 Å². The largest absolute Gasteiger partial charge is 0.312 e. The molecule has 1 aliphatic heterocycles. The smallest absolute Gasteiger partial charge is 0.151 e. The SMILES string of the molecule is CC(CNC1CCCS(=O)(=O)C1)c1ccccc1. The highest BCUT2D eigenvalue weighted by molar-refractivity contribution is 7.91. The summed E-state index contributed by atoms with van der Waals surface area (Å²) < 4.78 is 23.1. The summed E-state index contributed by atoms with van der Waals surface area (Å²) in [5.74, 6) is 1.07. The second-order valence-electron chi connectivity index (χ2n) is 5.17. The molecule has 1 N–H and O–H groups in total. The molecule has 0 amide bonds. The molecule has 3 nitrogen and oxygen atoms in total. The van der Waals surface area contributed by atoms with Crippen molar-refractivity contribution >= 4 is 9.84 Å². The fraction of sp³-hybridized carbons (Fsp3) is 0.571. The molecular formula is C14H21NO2S. The zero-order valence-electron chi connectivity index (χ0n) is 10.8. The number of benzene rings is 1. The molecule has 1 saturated heterocycles. The van der Waals surface area contributed by atoms with E-state index in [0.29, 0.717) is 17.4 Å². The number of nitrogens with one attached hydrogen (secondary N) is 1. The quantitative estimate of drug-likeness (QED) is 0.907. The molecular weight excluding hydrogens is 246 g/mol. The highest BCUT2D eigenvalue weighted by Gasteiger charge is 2.24. The Labute approximate surface area is 110 Å². The van der Waals surface area contributed by atoms with Crippen molar-refractivity contribution in [1.82, 2.24) is 5.32 Å². The lowest BCUT2D eigenvalue weighted by molar-refractivity contribution is 0.467. The van der Waals surface area contributed by atoms with Crippen molar-refractivity contribution < 1.29 is 8.42 Å². The van der Waals surface area contributed by atoms with Gasteiger partial charge in [-0.3, -0.25) is 0 Å². The maximum Gasteiger partial charge on any atom is 0.151 e. The molecule has 1 heterocycles. The Morgan fingerprint density at radius 3 is 2.72 bits per heavy atom. The number of hydrogen-bond donors (Lipinski definition) is 1. The van der Waals surface area contributed by atoms with E-state index in [2.05, 4.69) is 24.4 Å². The third-order valence-electron chi connectivity index (χ3n) is 3.54. The summed E-state index contributed by atoms with van der Waals surface area (Å²) in [4.78, 5) is 0. The van der Waals surface area contributed by atoms with Gasteiger partial charge in [0, 0.05) is 12.6 Å². The van der Waals surface area contributed by atoms with E-state index in [1.807, 2.05) is 18.2 Å². The summed E-state index contributed by atoms with van der Waals surface area (Å²) in [7, 11) is -2.81. The molecule has 1 aromatic rings. The van der Waals surface area contributed by atoms with Gasteiger partial charge in [0.15, 0.2) is 9.84 Å². The van der Waals surface area contributed by atoms with E-state index < -0.39 is 9.84 Å². The molecule has 2 atom stereocenters. The molecule has 4 heteroatoms. The standard InChI is InChI=1S/C14H21NO2S/c1-12(13-6-3-2-4-7-13)10-15-14-8-5-9-18(16,17)11-14/h2-4,6-7,12,14-15H,5,8-11H2,1H3. The van der Waals surface area contributed by atoms with E-state index in [-0.39, 0.29) is 6.04 Å². The minimum atomic E-state index is -2.81. The van der Waals surface area contributed by atoms with E-state index >= 15 is 0 Å². The Kier molecular flexibility index (Phi) is 4.40. The molecule has 0 aliphatic carbocycles. The van der Waals surface area contributed by atoms with Crippen LogP contribution in [0.2, 0.25) is 0 Å². The molecule has 1 fully saturated rings. The van der Waals surface area contributed by atoms with Gasteiger partial charge < -0.3 is 5.32 Å². The molecule has 2 rings (SSSR count).